The molecule has 0 radical (unpaired) electrons. The Bertz CT molecular complexity index is 828. The topological polar surface area (TPSA) is 119 Å². The van der Waals surface area contributed by atoms with Crippen LogP contribution >= 0.6 is 0 Å². The molecule has 0 saturated carbocycles. The first kappa shape index (κ1) is 36.5. The molecule has 11 nitrogen and oxygen atoms in total. The summed E-state index contributed by atoms with van der Waals surface area (Å²) in [4.78, 5) is 37.7. The molecule has 0 atom stereocenters. The quantitative estimate of drug-likeness (QED) is 0.101. The molecule has 1 rings (SSSR count). The van der Waals surface area contributed by atoms with Crippen LogP contribution in [0, 0.1) is 0 Å². The number of hydrogen-bond donors (Lipinski definition) is 0. The number of unbranched alkanes of at least 4 members (excludes halogenated alkanes) is 1. The van der Waals surface area contributed by atoms with Gasteiger partial charge in [-0.05, 0) is 32.8 Å². The molecule has 0 aromatic heterocycles. The van der Waals surface area contributed by atoms with Crippen LogP contribution in [0.2, 0.25) is 0 Å². The molecule has 0 aliphatic heterocycles. The van der Waals surface area contributed by atoms with Gasteiger partial charge in [-0.1, -0.05) is 43.7 Å². The maximum atomic E-state index is 12.2. The van der Waals surface area contributed by atoms with Crippen LogP contribution in [0.4, 0.5) is 0 Å². The van der Waals surface area contributed by atoms with E-state index in [-0.39, 0.29) is 44.7 Å². The van der Waals surface area contributed by atoms with Crippen molar-refractivity contribution in [3.05, 3.63) is 35.9 Å². The molecule has 1 aromatic rings. The fourth-order valence-corrected chi connectivity index (χ4v) is 3.25. The van der Waals surface area contributed by atoms with Gasteiger partial charge in [0, 0.05) is 6.54 Å². The molecule has 0 N–H and O–H groups in total. The van der Waals surface area contributed by atoms with Gasteiger partial charge >= 0.3 is 17.9 Å². The Morgan fingerprint density at radius 2 is 1.24 bits per heavy atom. The second kappa shape index (κ2) is 23.0. The van der Waals surface area contributed by atoms with Crippen molar-refractivity contribution < 1.29 is 47.5 Å². The van der Waals surface area contributed by atoms with E-state index in [2.05, 4.69) is 0 Å². The number of benzene rings is 1. The van der Waals surface area contributed by atoms with Crippen LogP contribution in [0.5, 0.6) is 0 Å². The molecule has 0 heterocycles. The van der Waals surface area contributed by atoms with E-state index in [1.54, 1.807) is 25.7 Å². The highest BCUT2D eigenvalue weighted by Gasteiger charge is 2.21. The minimum Gasteiger partial charge on any atom is -0.465 e. The zero-order valence-corrected chi connectivity index (χ0v) is 25.2. The first-order valence-corrected chi connectivity index (χ1v) is 14.3. The predicted molar refractivity (Wildman–Crippen MR) is 152 cm³/mol. The number of nitrogens with zero attached hydrogens (tertiary/aromatic N) is 1. The number of carbonyl (C=O) groups is 3. The van der Waals surface area contributed by atoms with Crippen molar-refractivity contribution in [1.82, 2.24) is 4.90 Å². The summed E-state index contributed by atoms with van der Waals surface area (Å²) in [5, 5.41) is 0. The molecular formula is C30H49NO10. The van der Waals surface area contributed by atoms with Crippen molar-refractivity contribution in [3.8, 4) is 0 Å². The van der Waals surface area contributed by atoms with Crippen molar-refractivity contribution in [3.63, 3.8) is 0 Å². The number of hydrogen-bond acceptors (Lipinski definition) is 11. The zero-order chi connectivity index (χ0) is 30.2. The third-order valence-corrected chi connectivity index (χ3v) is 5.25. The monoisotopic (exact) mass is 583 g/mol. The number of carbonyl (C=O) groups excluding carboxylic acids is 3. The Labute approximate surface area is 244 Å². The smallest absolute Gasteiger partial charge is 0.320 e. The number of esters is 3. The normalized spacial score (nSPS) is 11.4. The van der Waals surface area contributed by atoms with Crippen molar-refractivity contribution in [2.45, 2.75) is 59.2 Å². The molecule has 0 aliphatic rings. The van der Waals surface area contributed by atoms with Crippen LogP contribution in [0.25, 0.3) is 0 Å². The lowest BCUT2D eigenvalue weighted by molar-refractivity contribution is -0.157. The van der Waals surface area contributed by atoms with Gasteiger partial charge in [-0.25, -0.2) is 0 Å². The Morgan fingerprint density at radius 3 is 1.83 bits per heavy atom. The minimum atomic E-state index is -0.604. The first-order chi connectivity index (χ1) is 19.7. The standard InChI is InChI=1S/C30H49NO10/c1-5-6-14-39-28(33)23-31(24-29(34)41-30(2,3)4)13-16-36-18-20-38-22-21-37-19-17-35-15-12-27(32)40-25-26-10-8-7-9-11-26/h7-11H,5-6,12-25H2,1-4H3. The van der Waals surface area contributed by atoms with Gasteiger partial charge in [0.1, 0.15) is 12.2 Å². The summed E-state index contributed by atoms with van der Waals surface area (Å²) < 4.78 is 37.7. The van der Waals surface area contributed by atoms with Gasteiger partial charge in [0.2, 0.25) is 0 Å². The van der Waals surface area contributed by atoms with Crippen LogP contribution in [-0.4, -0.2) is 108 Å². The fraction of sp³-hybridized carbons (Fsp3) is 0.700. The molecule has 234 valence electrons. The average Bonchev–Trinajstić information content (AvgIpc) is 2.91. The third-order valence-electron chi connectivity index (χ3n) is 5.25. The van der Waals surface area contributed by atoms with Crippen LogP contribution in [0.3, 0.4) is 0 Å². The largest absolute Gasteiger partial charge is 0.465 e. The van der Waals surface area contributed by atoms with Gasteiger partial charge in [0.25, 0.3) is 0 Å². The van der Waals surface area contributed by atoms with Crippen LogP contribution in [0.15, 0.2) is 30.3 Å². The van der Waals surface area contributed by atoms with E-state index in [9.17, 15) is 14.4 Å². The van der Waals surface area contributed by atoms with Crippen molar-refractivity contribution in [1.29, 1.82) is 0 Å². The summed E-state index contributed by atoms with van der Waals surface area (Å²) in [6, 6.07) is 9.51. The second-order valence-corrected chi connectivity index (χ2v) is 10.2. The molecule has 0 fully saturated rings. The minimum absolute atomic E-state index is 0.0117. The summed E-state index contributed by atoms with van der Waals surface area (Å²) >= 11 is 0. The van der Waals surface area contributed by atoms with Crippen molar-refractivity contribution >= 4 is 17.9 Å². The summed E-state index contributed by atoms with van der Waals surface area (Å²) in [5.74, 6) is -1.09. The van der Waals surface area contributed by atoms with Gasteiger partial charge in [0.15, 0.2) is 0 Å². The van der Waals surface area contributed by atoms with E-state index in [1.165, 1.54) is 0 Å². The molecule has 0 amide bonds. The predicted octanol–water partition coefficient (Wildman–Crippen LogP) is 3.17. The van der Waals surface area contributed by atoms with E-state index in [4.69, 9.17) is 33.2 Å². The molecule has 0 spiro atoms. The molecule has 41 heavy (non-hydrogen) atoms. The Morgan fingerprint density at radius 1 is 0.683 bits per heavy atom. The lowest BCUT2D eigenvalue weighted by Gasteiger charge is -2.24. The molecule has 11 heteroatoms. The van der Waals surface area contributed by atoms with Crippen LogP contribution in [-0.2, 0) is 54.1 Å². The van der Waals surface area contributed by atoms with Crippen LogP contribution in [0.1, 0.15) is 52.5 Å². The van der Waals surface area contributed by atoms with E-state index in [0.29, 0.717) is 59.4 Å². The summed E-state index contributed by atoms with van der Waals surface area (Å²) in [7, 11) is 0. The van der Waals surface area contributed by atoms with E-state index in [0.717, 1.165) is 18.4 Å². The summed E-state index contributed by atoms with van der Waals surface area (Å²) in [6.07, 6.45) is 1.92. The Balaban J connectivity index is 2.03. The van der Waals surface area contributed by atoms with Gasteiger partial charge in [-0.2, -0.15) is 0 Å². The molecule has 0 aliphatic carbocycles. The Hall–Kier alpha value is -2.57. The fourth-order valence-electron chi connectivity index (χ4n) is 3.25. The summed E-state index contributed by atoms with van der Waals surface area (Å²) in [6.45, 7) is 11.3. The molecule has 0 saturated heterocycles. The third kappa shape index (κ3) is 22.8. The van der Waals surface area contributed by atoms with E-state index >= 15 is 0 Å². The maximum absolute atomic E-state index is 12.2. The highest BCUT2D eigenvalue weighted by atomic mass is 16.6. The lowest BCUT2D eigenvalue weighted by Crippen LogP contribution is -2.40. The first-order valence-electron chi connectivity index (χ1n) is 14.3. The number of rotatable bonds is 24. The molecule has 0 bridgehead atoms. The van der Waals surface area contributed by atoms with Gasteiger partial charge in [-0.3, -0.25) is 19.3 Å². The zero-order valence-electron chi connectivity index (χ0n) is 25.2. The van der Waals surface area contributed by atoms with Crippen LogP contribution < -0.4 is 0 Å². The number of ether oxygens (including phenoxy) is 7. The van der Waals surface area contributed by atoms with Gasteiger partial charge < -0.3 is 33.2 Å². The molecule has 1 aromatic carbocycles. The SMILES string of the molecule is CCCCOC(=O)CN(CCOCCOCCOCCOCCC(=O)OCc1ccccc1)CC(=O)OC(C)(C)C. The van der Waals surface area contributed by atoms with Gasteiger partial charge in [0.05, 0.1) is 79.0 Å². The molecule has 0 unspecified atom stereocenters. The second-order valence-electron chi connectivity index (χ2n) is 10.2. The average molecular weight is 584 g/mol. The van der Waals surface area contributed by atoms with E-state index in [1.807, 2.05) is 37.3 Å². The highest BCUT2D eigenvalue weighted by molar-refractivity contribution is 5.75. The van der Waals surface area contributed by atoms with Crippen molar-refractivity contribution in [2.75, 3.05) is 79.1 Å². The highest BCUT2D eigenvalue weighted by Crippen LogP contribution is 2.08. The van der Waals surface area contributed by atoms with E-state index < -0.39 is 11.6 Å². The maximum Gasteiger partial charge on any atom is 0.320 e. The summed E-state index contributed by atoms with van der Waals surface area (Å²) in [5.41, 5.74) is 0.343. The van der Waals surface area contributed by atoms with Gasteiger partial charge in [-0.15, -0.1) is 0 Å². The Kier molecular flexibility index (Phi) is 20.5. The molecular weight excluding hydrogens is 534 g/mol. The van der Waals surface area contributed by atoms with Crippen molar-refractivity contribution in [2.24, 2.45) is 0 Å². The lowest BCUT2D eigenvalue weighted by atomic mass is 10.2.